The number of carbonyl (C=O) groups is 2. The van der Waals surface area contributed by atoms with E-state index in [1.807, 2.05) is 4.57 Å². The maximum Gasteiger partial charge on any atom is 0.258 e. The van der Waals surface area contributed by atoms with Gasteiger partial charge in [-0.25, -0.2) is 4.39 Å². The van der Waals surface area contributed by atoms with E-state index in [2.05, 4.69) is 20.8 Å². The van der Waals surface area contributed by atoms with Gasteiger partial charge in [-0.3, -0.25) is 19.3 Å². The molecular weight excluding hydrogens is 405 g/mol. The molecule has 0 spiro atoms. The van der Waals surface area contributed by atoms with E-state index in [0.717, 1.165) is 18.4 Å². The normalized spacial score (nSPS) is 13.1. The summed E-state index contributed by atoms with van der Waals surface area (Å²) in [6.07, 6.45) is 2.11. The third-order valence-corrected chi connectivity index (χ3v) is 5.25. The lowest BCUT2D eigenvalue weighted by molar-refractivity contribution is 0.0948. The Balaban J connectivity index is 1.47. The van der Waals surface area contributed by atoms with Gasteiger partial charge >= 0.3 is 0 Å². The predicted octanol–water partition coefficient (Wildman–Crippen LogP) is 3.91. The van der Waals surface area contributed by atoms with Gasteiger partial charge < -0.3 is 10.6 Å². The van der Waals surface area contributed by atoms with Crippen LogP contribution in [0.1, 0.15) is 51.0 Å². The largest absolute Gasteiger partial charge is 0.345 e. The van der Waals surface area contributed by atoms with Gasteiger partial charge in [0.05, 0.1) is 12.1 Å². The maximum atomic E-state index is 13.9. The van der Waals surface area contributed by atoms with E-state index in [4.69, 9.17) is 12.2 Å². The molecule has 2 aromatic carbocycles. The van der Waals surface area contributed by atoms with Gasteiger partial charge in [0.2, 0.25) is 0 Å². The Kier molecular flexibility index (Phi) is 5.45. The lowest BCUT2D eigenvalue weighted by Crippen LogP contribution is -2.25. The first kappa shape index (κ1) is 20.0. The number of aromatic nitrogens is 3. The second kappa shape index (κ2) is 8.19. The van der Waals surface area contributed by atoms with Crippen molar-refractivity contribution >= 4 is 29.7 Å². The van der Waals surface area contributed by atoms with Gasteiger partial charge in [0.15, 0.2) is 10.6 Å². The zero-order valence-electron chi connectivity index (χ0n) is 16.2. The summed E-state index contributed by atoms with van der Waals surface area (Å²) in [5.41, 5.74) is 1.51. The fourth-order valence-electron chi connectivity index (χ4n) is 3.17. The van der Waals surface area contributed by atoms with Crippen LogP contribution in [0.4, 0.5) is 10.1 Å². The van der Waals surface area contributed by atoms with Gasteiger partial charge in [-0.2, -0.15) is 5.10 Å². The molecule has 3 aromatic rings. The quantitative estimate of drug-likeness (QED) is 0.522. The van der Waals surface area contributed by atoms with Crippen LogP contribution in [-0.2, 0) is 6.54 Å². The highest BCUT2D eigenvalue weighted by Crippen LogP contribution is 2.35. The second-order valence-corrected chi connectivity index (χ2v) is 7.58. The minimum absolute atomic E-state index is 0.0605. The van der Waals surface area contributed by atoms with E-state index in [9.17, 15) is 14.0 Å². The highest BCUT2D eigenvalue weighted by atomic mass is 32.1. The molecule has 1 fully saturated rings. The lowest BCUT2D eigenvalue weighted by atomic mass is 10.1. The number of halogens is 1. The molecule has 30 heavy (non-hydrogen) atoms. The molecule has 1 aliphatic carbocycles. The van der Waals surface area contributed by atoms with Crippen molar-refractivity contribution < 1.29 is 14.0 Å². The van der Waals surface area contributed by atoms with Crippen molar-refractivity contribution in [3.8, 4) is 0 Å². The fraction of sp³-hybridized carbons (Fsp3) is 0.238. The number of nitrogens with zero attached hydrogens (tertiary/aromatic N) is 2. The molecule has 3 N–H and O–H groups in total. The van der Waals surface area contributed by atoms with Gasteiger partial charge in [0.1, 0.15) is 5.82 Å². The van der Waals surface area contributed by atoms with E-state index >= 15 is 0 Å². The van der Waals surface area contributed by atoms with Crippen molar-refractivity contribution in [2.24, 2.45) is 0 Å². The molecule has 0 unspecified atom stereocenters. The molecule has 0 saturated heterocycles. The van der Waals surface area contributed by atoms with E-state index in [0.29, 0.717) is 27.9 Å². The number of hydrogen-bond donors (Lipinski definition) is 3. The number of hydrogen-bond acceptors (Lipinski definition) is 4. The molecule has 0 atom stereocenters. The molecule has 4 rings (SSSR count). The molecule has 2 amide bonds. The first-order valence-corrected chi connectivity index (χ1v) is 9.95. The van der Waals surface area contributed by atoms with Crippen LogP contribution in [0, 0.1) is 17.5 Å². The van der Waals surface area contributed by atoms with Crippen molar-refractivity contribution in [2.75, 3.05) is 5.32 Å². The van der Waals surface area contributed by atoms with E-state index in [1.165, 1.54) is 18.2 Å². The number of rotatable bonds is 6. The second-order valence-electron chi connectivity index (χ2n) is 7.19. The first-order valence-electron chi connectivity index (χ1n) is 9.54. The highest BCUT2D eigenvalue weighted by Gasteiger charge is 2.27. The van der Waals surface area contributed by atoms with Gasteiger partial charge in [-0.15, -0.1) is 0 Å². The molecule has 7 nitrogen and oxygen atoms in total. The van der Waals surface area contributed by atoms with E-state index in [-0.39, 0.29) is 18.0 Å². The van der Waals surface area contributed by atoms with Crippen LogP contribution in [0.2, 0.25) is 0 Å². The summed E-state index contributed by atoms with van der Waals surface area (Å²) in [5, 5.41) is 12.5. The number of anilines is 1. The maximum absolute atomic E-state index is 13.9. The molecule has 1 aliphatic rings. The molecular formula is C21H20FN5O2S. The van der Waals surface area contributed by atoms with E-state index in [1.54, 1.807) is 31.2 Å². The topological polar surface area (TPSA) is 91.8 Å². The molecule has 0 bridgehead atoms. The number of amides is 2. The Morgan fingerprint density at radius 2 is 2.00 bits per heavy atom. The highest BCUT2D eigenvalue weighted by molar-refractivity contribution is 7.71. The van der Waals surface area contributed by atoms with Crippen LogP contribution in [0.5, 0.6) is 0 Å². The van der Waals surface area contributed by atoms with Crippen molar-refractivity contribution in [1.82, 2.24) is 20.1 Å². The number of nitrogens with one attached hydrogen (secondary N) is 3. The molecule has 0 radical (unpaired) electrons. The number of benzene rings is 2. The summed E-state index contributed by atoms with van der Waals surface area (Å²) in [5.74, 6) is -0.817. The average Bonchev–Trinajstić information content (AvgIpc) is 3.50. The smallest absolute Gasteiger partial charge is 0.258 e. The molecule has 0 aliphatic heterocycles. The Labute approximate surface area is 177 Å². The number of H-pyrrole nitrogens is 1. The monoisotopic (exact) mass is 425 g/mol. The number of aryl methyl sites for hydroxylation is 1. The number of carbonyl (C=O) groups excluding carboxylic acids is 2. The lowest BCUT2D eigenvalue weighted by Gasteiger charge is -2.12. The fourth-order valence-corrected chi connectivity index (χ4v) is 3.47. The van der Waals surface area contributed by atoms with Gasteiger partial charge in [0, 0.05) is 17.3 Å². The Hall–Kier alpha value is -3.33. The standard InChI is InChI=1S/C21H20FN5O2S/c1-12-6-7-13(10-17(12)24-20(29)15-4-2-3-5-16(15)22)19(28)23-11-18-25-26-21(30)27(18)14-8-9-14/h2-7,10,14H,8-9,11H2,1H3,(H,23,28)(H,24,29)(H,26,30). The summed E-state index contributed by atoms with van der Waals surface area (Å²) in [4.78, 5) is 25.1. The van der Waals surface area contributed by atoms with Crippen LogP contribution < -0.4 is 10.6 Å². The van der Waals surface area contributed by atoms with Crippen LogP contribution in [0.15, 0.2) is 42.5 Å². The van der Waals surface area contributed by atoms with Crippen LogP contribution >= 0.6 is 12.2 Å². The van der Waals surface area contributed by atoms with Crippen LogP contribution in [-0.4, -0.2) is 26.6 Å². The third-order valence-electron chi connectivity index (χ3n) is 4.96. The number of aromatic amines is 1. The summed E-state index contributed by atoms with van der Waals surface area (Å²) in [6.45, 7) is 2.03. The van der Waals surface area contributed by atoms with Gasteiger partial charge in [0.25, 0.3) is 11.8 Å². The van der Waals surface area contributed by atoms with E-state index < -0.39 is 11.7 Å². The van der Waals surface area contributed by atoms with Crippen molar-refractivity contribution in [1.29, 1.82) is 0 Å². The Morgan fingerprint density at radius 1 is 1.23 bits per heavy atom. The van der Waals surface area contributed by atoms with Crippen molar-refractivity contribution in [2.45, 2.75) is 32.4 Å². The molecule has 1 saturated carbocycles. The minimum atomic E-state index is -0.606. The summed E-state index contributed by atoms with van der Waals surface area (Å²) in [7, 11) is 0. The SMILES string of the molecule is Cc1ccc(C(=O)NCc2n[nH]c(=S)n2C2CC2)cc1NC(=O)c1ccccc1F. The van der Waals surface area contributed by atoms with Gasteiger partial charge in [-0.05, 0) is 61.8 Å². The Morgan fingerprint density at radius 3 is 2.73 bits per heavy atom. The summed E-state index contributed by atoms with van der Waals surface area (Å²) < 4.78 is 16.4. The molecule has 9 heteroatoms. The summed E-state index contributed by atoms with van der Waals surface area (Å²) >= 11 is 5.25. The zero-order chi connectivity index (χ0) is 21.3. The first-order chi connectivity index (χ1) is 14.4. The average molecular weight is 425 g/mol. The molecule has 1 heterocycles. The minimum Gasteiger partial charge on any atom is -0.345 e. The summed E-state index contributed by atoms with van der Waals surface area (Å²) in [6, 6.07) is 11.1. The zero-order valence-corrected chi connectivity index (χ0v) is 17.1. The van der Waals surface area contributed by atoms with Gasteiger partial charge in [-0.1, -0.05) is 18.2 Å². The van der Waals surface area contributed by atoms with Crippen molar-refractivity contribution in [3.63, 3.8) is 0 Å². The Bertz CT molecular complexity index is 1180. The molecule has 1 aromatic heterocycles. The predicted molar refractivity (Wildman–Crippen MR) is 112 cm³/mol. The third kappa shape index (κ3) is 4.16. The van der Waals surface area contributed by atoms with Crippen LogP contribution in [0.25, 0.3) is 0 Å². The molecule has 154 valence electrons. The van der Waals surface area contributed by atoms with Crippen LogP contribution in [0.3, 0.4) is 0 Å². The van der Waals surface area contributed by atoms with Crippen molar-refractivity contribution in [3.05, 3.63) is 75.6 Å².